The molecule has 0 bridgehead atoms. The van der Waals surface area contributed by atoms with E-state index in [0.29, 0.717) is 33.7 Å². The molecule has 5 nitrogen and oxygen atoms in total. The monoisotopic (exact) mass is 319 g/mol. The lowest BCUT2D eigenvalue weighted by atomic mass is 10.1. The van der Waals surface area contributed by atoms with E-state index in [1.807, 2.05) is 24.3 Å². The highest BCUT2D eigenvalue weighted by molar-refractivity contribution is 6.33. The summed E-state index contributed by atoms with van der Waals surface area (Å²) in [6.45, 7) is 0.452. The Morgan fingerprint density at radius 1 is 1.05 bits per heavy atom. The maximum atomic E-state index is 6.20. The molecule has 0 spiro atoms. The van der Waals surface area contributed by atoms with Crippen LogP contribution in [-0.2, 0) is 6.54 Å². The largest absolute Gasteiger partial charge is 0.399 e. The minimum Gasteiger partial charge on any atom is -0.399 e. The quantitative estimate of drug-likeness (QED) is 0.752. The molecule has 0 radical (unpaired) electrons. The molecule has 0 aliphatic carbocycles. The number of anilines is 1. The highest BCUT2D eigenvalue weighted by atomic mass is 35.5. The van der Waals surface area contributed by atoms with Gasteiger partial charge in [-0.05, 0) is 40.3 Å². The molecule has 0 saturated carbocycles. The molecule has 0 atom stereocenters. The highest BCUT2D eigenvalue weighted by Crippen LogP contribution is 2.28. The number of nitrogens with zero attached hydrogens (tertiary/aromatic N) is 4. The summed E-state index contributed by atoms with van der Waals surface area (Å²) >= 11 is 12.4. The van der Waals surface area contributed by atoms with Crippen molar-refractivity contribution in [3.63, 3.8) is 0 Å². The van der Waals surface area contributed by atoms with Gasteiger partial charge in [-0.3, -0.25) is 0 Å². The van der Waals surface area contributed by atoms with E-state index in [1.54, 1.807) is 22.9 Å². The van der Waals surface area contributed by atoms with E-state index in [2.05, 4.69) is 15.5 Å². The molecule has 0 aliphatic heterocycles. The molecule has 0 aliphatic rings. The van der Waals surface area contributed by atoms with E-state index in [9.17, 15) is 0 Å². The Hall–Kier alpha value is -2.11. The second kappa shape index (κ2) is 5.71. The minimum absolute atomic E-state index is 0.452. The first-order valence-electron chi connectivity index (χ1n) is 6.20. The van der Waals surface area contributed by atoms with Crippen molar-refractivity contribution in [1.29, 1.82) is 0 Å². The molecule has 106 valence electrons. The van der Waals surface area contributed by atoms with Crippen molar-refractivity contribution in [2.24, 2.45) is 0 Å². The average molecular weight is 320 g/mol. The van der Waals surface area contributed by atoms with Gasteiger partial charge in [0.1, 0.15) is 0 Å². The number of nitrogens with two attached hydrogens (primary N) is 1. The Labute approximate surface area is 131 Å². The summed E-state index contributed by atoms with van der Waals surface area (Å²) in [5, 5.41) is 13.0. The first kappa shape index (κ1) is 13.9. The van der Waals surface area contributed by atoms with Crippen LogP contribution in [0.4, 0.5) is 5.69 Å². The first-order chi connectivity index (χ1) is 10.1. The number of nitrogen functional groups attached to an aromatic ring is 1. The smallest absolute Gasteiger partial charge is 0.183 e. The second-order valence-electron chi connectivity index (χ2n) is 4.49. The average Bonchev–Trinajstić information content (AvgIpc) is 2.92. The zero-order valence-electron chi connectivity index (χ0n) is 10.9. The fourth-order valence-electron chi connectivity index (χ4n) is 2.01. The van der Waals surface area contributed by atoms with E-state index in [-0.39, 0.29) is 0 Å². The molecule has 3 rings (SSSR count). The number of tetrazole rings is 1. The van der Waals surface area contributed by atoms with Crippen LogP contribution in [0, 0.1) is 0 Å². The van der Waals surface area contributed by atoms with Gasteiger partial charge in [0.15, 0.2) is 5.82 Å². The standard InChI is InChI=1S/C14H11Cl2N5/c15-12-4-2-1-3-9(12)8-21-14(18-19-20-21)11-7-10(17)5-6-13(11)16/h1-7H,8,17H2. The maximum absolute atomic E-state index is 6.20. The highest BCUT2D eigenvalue weighted by Gasteiger charge is 2.14. The van der Waals surface area contributed by atoms with E-state index in [4.69, 9.17) is 28.9 Å². The van der Waals surface area contributed by atoms with Gasteiger partial charge in [-0.1, -0.05) is 41.4 Å². The van der Waals surface area contributed by atoms with E-state index < -0.39 is 0 Å². The summed E-state index contributed by atoms with van der Waals surface area (Å²) in [4.78, 5) is 0. The van der Waals surface area contributed by atoms with E-state index in [1.165, 1.54) is 0 Å². The van der Waals surface area contributed by atoms with Crippen LogP contribution in [0.1, 0.15) is 5.56 Å². The summed E-state index contributed by atoms with van der Waals surface area (Å²) in [6, 6.07) is 12.7. The van der Waals surface area contributed by atoms with Crippen LogP contribution in [0.3, 0.4) is 0 Å². The van der Waals surface area contributed by atoms with Crippen molar-refractivity contribution >= 4 is 28.9 Å². The first-order valence-corrected chi connectivity index (χ1v) is 6.95. The third-order valence-corrected chi connectivity index (χ3v) is 3.74. The van der Waals surface area contributed by atoms with Crippen molar-refractivity contribution in [2.75, 3.05) is 5.73 Å². The van der Waals surface area contributed by atoms with Gasteiger partial charge >= 0.3 is 0 Å². The topological polar surface area (TPSA) is 69.6 Å². The maximum Gasteiger partial charge on any atom is 0.183 e. The van der Waals surface area contributed by atoms with Crippen LogP contribution in [0.2, 0.25) is 10.0 Å². The number of aromatic nitrogens is 4. The van der Waals surface area contributed by atoms with Gasteiger partial charge in [0.2, 0.25) is 0 Å². The number of rotatable bonds is 3. The zero-order valence-corrected chi connectivity index (χ0v) is 12.4. The van der Waals surface area contributed by atoms with Gasteiger partial charge in [0.05, 0.1) is 11.6 Å². The molecular formula is C14H11Cl2N5. The third-order valence-electron chi connectivity index (χ3n) is 3.04. The van der Waals surface area contributed by atoms with Crippen molar-refractivity contribution in [3.05, 3.63) is 58.1 Å². The number of benzene rings is 2. The van der Waals surface area contributed by atoms with E-state index in [0.717, 1.165) is 5.56 Å². The zero-order chi connectivity index (χ0) is 14.8. The molecular weight excluding hydrogens is 309 g/mol. The van der Waals surface area contributed by atoms with Gasteiger partial charge in [0.25, 0.3) is 0 Å². The van der Waals surface area contributed by atoms with Crippen LogP contribution in [0.5, 0.6) is 0 Å². The predicted molar refractivity (Wildman–Crippen MR) is 83.2 cm³/mol. The number of hydrogen-bond donors (Lipinski definition) is 1. The lowest BCUT2D eigenvalue weighted by molar-refractivity contribution is 0.653. The molecule has 0 unspecified atom stereocenters. The Morgan fingerprint density at radius 3 is 2.67 bits per heavy atom. The molecule has 2 N–H and O–H groups in total. The summed E-state index contributed by atoms with van der Waals surface area (Å²) < 4.78 is 1.64. The SMILES string of the molecule is Nc1ccc(Cl)c(-c2nnnn2Cc2ccccc2Cl)c1. The molecule has 21 heavy (non-hydrogen) atoms. The van der Waals surface area contributed by atoms with Crippen molar-refractivity contribution < 1.29 is 0 Å². The van der Waals surface area contributed by atoms with Gasteiger partial charge in [-0.25, -0.2) is 4.68 Å². The van der Waals surface area contributed by atoms with Gasteiger partial charge in [-0.2, -0.15) is 0 Å². The predicted octanol–water partition coefficient (Wildman–Crippen LogP) is 3.28. The number of halogens is 2. The van der Waals surface area contributed by atoms with Crippen molar-refractivity contribution in [1.82, 2.24) is 20.2 Å². The molecule has 1 heterocycles. The summed E-state index contributed by atoms with van der Waals surface area (Å²) in [6.07, 6.45) is 0. The van der Waals surface area contributed by atoms with Crippen LogP contribution < -0.4 is 5.73 Å². The lowest BCUT2D eigenvalue weighted by Gasteiger charge is -2.08. The summed E-state index contributed by atoms with van der Waals surface area (Å²) in [5.74, 6) is 0.548. The second-order valence-corrected chi connectivity index (χ2v) is 5.31. The van der Waals surface area contributed by atoms with Crippen LogP contribution in [0.15, 0.2) is 42.5 Å². The van der Waals surface area contributed by atoms with Gasteiger partial charge in [0, 0.05) is 16.3 Å². The number of hydrogen-bond acceptors (Lipinski definition) is 4. The van der Waals surface area contributed by atoms with Crippen molar-refractivity contribution in [2.45, 2.75) is 6.54 Å². The Kier molecular flexibility index (Phi) is 3.77. The van der Waals surface area contributed by atoms with Gasteiger partial charge in [-0.15, -0.1) is 5.10 Å². The van der Waals surface area contributed by atoms with E-state index >= 15 is 0 Å². The van der Waals surface area contributed by atoms with Gasteiger partial charge < -0.3 is 5.73 Å². The summed E-state index contributed by atoms with van der Waals surface area (Å²) in [5.41, 5.74) is 8.01. The minimum atomic E-state index is 0.452. The van der Waals surface area contributed by atoms with Crippen molar-refractivity contribution in [3.8, 4) is 11.4 Å². The van der Waals surface area contributed by atoms with Crippen LogP contribution in [-0.4, -0.2) is 20.2 Å². The molecule has 0 saturated heterocycles. The van der Waals surface area contributed by atoms with Crippen LogP contribution >= 0.6 is 23.2 Å². The lowest BCUT2D eigenvalue weighted by Crippen LogP contribution is -2.05. The van der Waals surface area contributed by atoms with Crippen LogP contribution in [0.25, 0.3) is 11.4 Å². The Balaban J connectivity index is 2.02. The third kappa shape index (κ3) is 2.84. The Bertz CT molecular complexity index is 785. The summed E-state index contributed by atoms with van der Waals surface area (Å²) in [7, 11) is 0. The Morgan fingerprint density at radius 2 is 1.86 bits per heavy atom. The molecule has 0 fully saturated rings. The molecule has 7 heteroatoms. The molecule has 2 aromatic carbocycles. The molecule has 0 amide bonds. The normalized spacial score (nSPS) is 10.8. The molecule has 3 aromatic rings. The fraction of sp³-hybridized carbons (Fsp3) is 0.0714. The fourth-order valence-corrected chi connectivity index (χ4v) is 2.40. The molecule has 1 aromatic heterocycles.